The van der Waals surface area contributed by atoms with Gasteiger partial charge in [0.25, 0.3) is 0 Å². The number of hydrogen-bond donors (Lipinski definition) is 2. The van der Waals surface area contributed by atoms with Gasteiger partial charge in [0.05, 0.1) is 6.61 Å². The highest BCUT2D eigenvalue weighted by atomic mass is 16.5. The fourth-order valence-electron chi connectivity index (χ4n) is 0.626. The van der Waals surface area contributed by atoms with Crippen molar-refractivity contribution in [2.24, 2.45) is 0 Å². The second-order valence-corrected chi connectivity index (χ2v) is 2.23. The molecule has 0 unspecified atom stereocenters. The van der Waals surface area contributed by atoms with Crippen LogP contribution in [0, 0.1) is 0 Å². The third kappa shape index (κ3) is 9.39. The van der Waals surface area contributed by atoms with Gasteiger partial charge in [0.2, 0.25) is 5.91 Å². The molecule has 66 valence electrons. The van der Waals surface area contributed by atoms with Crippen LogP contribution in [0.25, 0.3) is 0 Å². The normalized spacial score (nSPS) is 9.64. The molecule has 0 bridgehead atoms. The standard InChI is InChI=1S/C7H16N2O2/c1-7(10)9-4-3-8-5-6-11-2/h8H,3-6H2,1-2H3,(H,9,10). The summed E-state index contributed by atoms with van der Waals surface area (Å²) in [6.07, 6.45) is 0. The summed E-state index contributed by atoms with van der Waals surface area (Å²) in [5, 5.41) is 5.78. The molecule has 1 amide bonds. The van der Waals surface area contributed by atoms with E-state index in [4.69, 9.17) is 4.74 Å². The van der Waals surface area contributed by atoms with Crippen LogP contribution >= 0.6 is 0 Å². The summed E-state index contributed by atoms with van der Waals surface area (Å²) in [4.78, 5) is 10.4. The zero-order valence-electron chi connectivity index (χ0n) is 7.14. The van der Waals surface area contributed by atoms with E-state index in [0.29, 0.717) is 13.2 Å². The highest BCUT2D eigenvalue weighted by molar-refractivity contribution is 5.72. The molecule has 0 aliphatic rings. The van der Waals surface area contributed by atoms with Crippen LogP contribution in [0.4, 0.5) is 0 Å². The predicted molar refractivity (Wildman–Crippen MR) is 43.4 cm³/mol. The Balaban J connectivity index is 2.85. The van der Waals surface area contributed by atoms with Crippen LogP contribution < -0.4 is 10.6 Å². The molecule has 0 aromatic heterocycles. The maximum Gasteiger partial charge on any atom is 0.216 e. The van der Waals surface area contributed by atoms with E-state index in [1.165, 1.54) is 6.92 Å². The third-order valence-electron chi connectivity index (χ3n) is 1.16. The second-order valence-electron chi connectivity index (χ2n) is 2.23. The first-order valence-corrected chi connectivity index (χ1v) is 3.71. The van der Waals surface area contributed by atoms with Crippen LogP contribution in [0.5, 0.6) is 0 Å². The Morgan fingerprint density at radius 2 is 2.09 bits per heavy atom. The topological polar surface area (TPSA) is 50.4 Å². The lowest BCUT2D eigenvalue weighted by Gasteiger charge is -2.03. The van der Waals surface area contributed by atoms with Gasteiger partial charge in [0.15, 0.2) is 0 Å². The lowest BCUT2D eigenvalue weighted by molar-refractivity contribution is -0.118. The van der Waals surface area contributed by atoms with Crippen LogP contribution in [0.15, 0.2) is 0 Å². The molecule has 0 fully saturated rings. The molecule has 4 heteroatoms. The van der Waals surface area contributed by atoms with Gasteiger partial charge in [-0.2, -0.15) is 0 Å². The largest absolute Gasteiger partial charge is 0.383 e. The molecule has 0 atom stereocenters. The molecule has 0 saturated heterocycles. The molecule has 0 saturated carbocycles. The number of carbonyl (C=O) groups is 1. The van der Waals surface area contributed by atoms with Gasteiger partial charge < -0.3 is 15.4 Å². The van der Waals surface area contributed by atoms with Gasteiger partial charge in [0, 0.05) is 33.7 Å². The minimum atomic E-state index is 0.0125. The minimum absolute atomic E-state index is 0.0125. The average molecular weight is 160 g/mol. The van der Waals surface area contributed by atoms with E-state index in [0.717, 1.165) is 13.1 Å². The van der Waals surface area contributed by atoms with E-state index in [2.05, 4.69) is 10.6 Å². The van der Waals surface area contributed by atoms with Crippen molar-refractivity contribution in [1.82, 2.24) is 10.6 Å². The highest BCUT2D eigenvalue weighted by Crippen LogP contribution is 1.64. The summed E-state index contributed by atoms with van der Waals surface area (Å²) in [5.41, 5.74) is 0. The molecule has 0 radical (unpaired) electrons. The first-order chi connectivity index (χ1) is 5.27. The number of rotatable bonds is 6. The Bertz CT molecular complexity index is 107. The first-order valence-electron chi connectivity index (χ1n) is 3.71. The van der Waals surface area contributed by atoms with Gasteiger partial charge >= 0.3 is 0 Å². The van der Waals surface area contributed by atoms with Crippen LogP contribution in [0.3, 0.4) is 0 Å². The molecule has 0 rings (SSSR count). The van der Waals surface area contributed by atoms with Gasteiger partial charge in [-0.25, -0.2) is 0 Å². The smallest absolute Gasteiger partial charge is 0.216 e. The molecule has 0 aliphatic heterocycles. The highest BCUT2D eigenvalue weighted by Gasteiger charge is 1.88. The summed E-state index contributed by atoms with van der Waals surface area (Å²) >= 11 is 0. The van der Waals surface area contributed by atoms with Gasteiger partial charge in [-0.15, -0.1) is 0 Å². The van der Waals surface area contributed by atoms with Crippen LogP contribution in [-0.2, 0) is 9.53 Å². The van der Waals surface area contributed by atoms with E-state index < -0.39 is 0 Å². The Morgan fingerprint density at radius 3 is 2.64 bits per heavy atom. The molecule has 0 aliphatic carbocycles. The number of carbonyl (C=O) groups excluding carboxylic acids is 1. The zero-order chi connectivity index (χ0) is 8.53. The number of nitrogens with one attached hydrogen (secondary N) is 2. The van der Waals surface area contributed by atoms with Crippen molar-refractivity contribution in [2.45, 2.75) is 6.92 Å². The lowest BCUT2D eigenvalue weighted by Crippen LogP contribution is -2.31. The van der Waals surface area contributed by atoms with Gasteiger partial charge in [-0.05, 0) is 0 Å². The fraction of sp³-hybridized carbons (Fsp3) is 0.857. The number of hydrogen-bond acceptors (Lipinski definition) is 3. The minimum Gasteiger partial charge on any atom is -0.383 e. The Kier molecular flexibility index (Phi) is 7.08. The van der Waals surface area contributed by atoms with Gasteiger partial charge in [-0.3, -0.25) is 4.79 Å². The molecular weight excluding hydrogens is 144 g/mol. The quantitative estimate of drug-likeness (QED) is 0.508. The summed E-state index contributed by atoms with van der Waals surface area (Å²) in [6.45, 7) is 4.52. The molecular formula is C7H16N2O2. The van der Waals surface area contributed by atoms with Crippen LogP contribution in [0.2, 0.25) is 0 Å². The summed E-state index contributed by atoms with van der Waals surface area (Å²) < 4.78 is 4.82. The van der Waals surface area contributed by atoms with Gasteiger partial charge in [0.1, 0.15) is 0 Å². The molecule has 0 spiro atoms. The van der Waals surface area contributed by atoms with Crippen molar-refractivity contribution in [1.29, 1.82) is 0 Å². The van der Waals surface area contributed by atoms with Crippen molar-refractivity contribution in [3.63, 3.8) is 0 Å². The van der Waals surface area contributed by atoms with Crippen LogP contribution in [-0.4, -0.2) is 39.3 Å². The average Bonchev–Trinajstić information content (AvgIpc) is 1.96. The second kappa shape index (κ2) is 7.50. The van der Waals surface area contributed by atoms with Gasteiger partial charge in [-0.1, -0.05) is 0 Å². The Morgan fingerprint density at radius 1 is 1.36 bits per heavy atom. The van der Waals surface area contributed by atoms with E-state index in [-0.39, 0.29) is 5.91 Å². The Hall–Kier alpha value is -0.610. The maximum absolute atomic E-state index is 10.4. The van der Waals surface area contributed by atoms with Crippen molar-refractivity contribution in [3.8, 4) is 0 Å². The molecule has 0 heterocycles. The molecule has 11 heavy (non-hydrogen) atoms. The van der Waals surface area contributed by atoms with E-state index in [9.17, 15) is 4.79 Å². The number of methoxy groups -OCH3 is 1. The summed E-state index contributed by atoms with van der Waals surface area (Å²) in [6, 6.07) is 0. The molecule has 0 aromatic rings. The first kappa shape index (κ1) is 10.4. The third-order valence-corrected chi connectivity index (χ3v) is 1.16. The SMILES string of the molecule is COCCNCCNC(C)=O. The monoisotopic (exact) mass is 160 g/mol. The van der Waals surface area contributed by atoms with E-state index in [1.54, 1.807) is 7.11 Å². The van der Waals surface area contributed by atoms with Crippen molar-refractivity contribution >= 4 is 5.91 Å². The predicted octanol–water partition coefficient (Wildman–Crippen LogP) is -0.641. The maximum atomic E-state index is 10.4. The number of ether oxygens (including phenoxy) is 1. The van der Waals surface area contributed by atoms with E-state index in [1.807, 2.05) is 0 Å². The van der Waals surface area contributed by atoms with Crippen molar-refractivity contribution in [3.05, 3.63) is 0 Å². The lowest BCUT2D eigenvalue weighted by atomic mass is 10.5. The summed E-state index contributed by atoms with van der Waals surface area (Å²) in [7, 11) is 1.66. The van der Waals surface area contributed by atoms with Crippen LogP contribution in [0.1, 0.15) is 6.92 Å². The molecule has 2 N–H and O–H groups in total. The fourth-order valence-corrected chi connectivity index (χ4v) is 0.626. The number of amides is 1. The van der Waals surface area contributed by atoms with Crippen molar-refractivity contribution < 1.29 is 9.53 Å². The van der Waals surface area contributed by atoms with Crippen molar-refractivity contribution in [2.75, 3.05) is 33.4 Å². The Labute approximate surface area is 67.3 Å². The zero-order valence-corrected chi connectivity index (χ0v) is 7.14. The molecule has 4 nitrogen and oxygen atoms in total. The van der Waals surface area contributed by atoms with E-state index >= 15 is 0 Å². The molecule has 0 aromatic carbocycles. The summed E-state index contributed by atoms with van der Waals surface area (Å²) in [5.74, 6) is 0.0125.